The van der Waals surface area contributed by atoms with Crippen molar-refractivity contribution in [3.63, 3.8) is 0 Å². The van der Waals surface area contributed by atoms with Gasteiger partial charge < -0.3 is 10.5 Å². The second kappa shape index (κ2) is 4.13. The highest BCUT2D eigenvalue weighted by molar-refractivity contribution is 7.80. The van der Waals surface area contributed by atoms with Gasteiger partial charge in [-0.2, -0.15) is 0 Å². The molecule has 0 heterocycles. The summed E-state index contributed by atoms with van der Waals surface area (Å²) < 4.78 is 5.81. The summed E-state index contributed by atoms with van der Waals surface area (Å²) in [5, 5.41) is 0. The molecule has 0 atom stereocenters. The lowest BCUT2D eigenvalue weighted by atomic mass is 10.3. The lowest BCUT2D eigenvalue weighted by Gasteiger charge is -2.13. The highest BCUT2D eigenvalue weighted by atomic mass is 32.1. The molecule has 2 rings (SSSR count). The molecule has 1 aromatic rings. The van der Waals surface area contributed by atoms with Crippen molar-refractivity contribution in [1.29, 1.82) is 0 Å². The minimum atomic E-state index is 0.395. The van der Waals surface area contributed by atoms with Gasteiger partial charge in [0.1, 0.15) is 5.75 Å². The minimum absolute atomic E-state index is 0.395. The van der Waals surface area contributed by atoms with Crippen molar-refractivity contribution < 1.29 is 4.74 Å². The summed E-state index contributed by atoms with van der Waals surface area (Å²) in [4.78, 5) is 0.792. The molecule has 2 N–H and O–H groups in total. The predicted molar refractivity (Wildman–Crippen MR) is 61.0 cm³/mol. The molecule has 76 valence electrons. The van der Waals surface area contributed by atoms with E-state index in [1.807, 2.05) is 18.2 Å². The van der Waals surface area contributed by atoms with E-state index in [9.17, 15) is 0 Å². The molecule has 0 bridgehead atoms. The number of hydrogen-bond donors (Lipinski definition) is 2. The van der Waals surface area contributed by atoms with Gasteiger partial charge in [-0.1, -0.05) is 0 Å². The van der Waals surface area contributed by atoms with Crippen molar-refractivity contribution in [1.82, 2.24) is 0 Å². The molecule has 3 heteroatoms. The van der Waals surface area contributed by atoms with E-state index >= 15 is 0 Å². The van der Waals surface area contributed by atoms with Crippen LogP contribution in [0.1, 0.15) is 25.7 Å². The van der Waals surface area contributed by atoms with Gasteiger partial charge in [-0.15, -0.1) is 12.6 Å². The van der Waals surface area contributed by atoms with Crippen molar-refractivity contribution in [3.05, 3.63) is 18.2 Å². The first-order valence-electron chi connectivity index (χ1n) is 5.01. The van der Waals surface area contributed by atoms with Crippen LogP contribution in [0.5, 0.6) is 5.75 Å². The van der Waals surface area contributed by atoms with Crippen molar-refractivity contribution in [2.45, 2.75) is 36.7 Å². The molecule has 0 radical (unpaired) electrons. The fraction of sp³-hybridized carbons (Fsp3) is 0.455. The van der Waals surface area contributed by atoms with Crippen LogP contribution >= 0.6 is 12.6 Å². The maximum absolute atomic E-state index is 5.81. The van der Waals surface area contributed by atoms with Crippen LogP contribution in [0, 0.1) is 0 Å². The molecule has 2 nitrogen and oxygen atoms in total. The van der Waals surface area contributed by atoms with Gasteiger partial charge in [-0.05, 0) is 43.9 Å². The third-order valence-electron chi connectivity index (χ3n) is 2.61. The molecule has 0 saturated heterocycles. The third kappa shape index (κ3) is 2.15. The average molecular weight is 209 g/mol. The third-order valence-corrected chi connectivity index (χ3v) is 2.99. The molecule has 14 heavy (non-hydrogen) atoms. The Balaban J connectivity index is 2.05. The van der Waals surface area contributed by atoms with Gasteiger partial charge in [0.05, 0.1) is 6.10 Å². The van der Waals surface area contributed by atoms with Crippen LogP contribution in [0.15, 0.2) is 23.1 Å². The number of anilines is 1. The van der Waals surface area contributed by atoms with Gasteiger partial charge in [0, 0.05) is 10.6 Å². The van der Waals surface area contributed by atoms with Crippen LogP contribution in [-0.4, -0.2) is 6.10 Å². The number of benzene rings is 1. The minimum Gasteiger partial charge on any atom is -0.490 e. The number of nitrogens with two attached hydrogens (primary N) is 1. The molecule has 1 fully saturated rings. The summed E-state index contributed by atoms with van der Waals surface area (Å²) in [5.74, 6) is 0.885. The van der Waals surface area contributed by atoms with Crippen molar-refractivity contribution in [2.75, 3.05) is 5.73 Å². The molecular formula is C11H15NOS. The fourth-order valence-corrected chi connectivity index (χ4v) is 2.00. The second-order valence-electron chi connectivity index (χ2n) is 3.74. The van der Waals surface area contributed by atoms with E-state index < -0.39 is 0 Å². The van der Waals surface area contributed by atoms with Gasteiger partial charge in [0.25, 0.3) is 0 Å². The summed E-state index contributed by atoms with van der Waals surface area (Å²) in [6.07, 6.45) is 5.31. The van der Waals surface area contributed by atoms with E-state index in [0.29, 0.717) is 11.8 Å². The Bertz CT molecular complexity index is 321. The van der Waals surface area contributed by atoms with Crippen molar-refractivity contribution >= 4 is 18.3 Å². The number of ether oxygens (including phenoxy) is 1. The molecule has 0 amide bonds. The molecule has 0 aliphatic heterocycles. The molecule has 0 aromatic heterocycles. The average Bonchev–Trinajstić information content (AvgIpc) is 2.64. The molecular weight excluding hydrogens is 194 g/mol. The first-order chi connectivity index (χ1) is 6.75. The molecule has 1 aliphatic carbocycles. The first-order valence-corrected chi connectivity index (χ1v) is 5.45. The van der Waals surface area contributed by atoms with Gasteiger partial charge in [0.2, 0.25) is 0 Å². The standard InChI is InChI=1S/C11H15NOS/c12-10-6-5-9(7-11(10)14)13-8-3-1-2-4-8/h5-8,14H,1-4,12H2. The lowest BCUT2D eigenvalue weighted by molar-refractivity contribution is 0.209. The van der Waals surface area contributed by atoms with E-state index in [2.05, 4.69) is 12.6 Å². The zero-order valence-electron chi connectivity index (χ0n) is 8.07. The molecule has 0 unspecified atom stereocenters. The number of nitrogen functional groups attached to an aromatic ring is 1. The van der Waals surface area contributed by atoms with Gasteiger partial charge >= 0.3 is 0 Å². The second-order valence-corrected chi connectivity index (χ2v) is 4.23. The van der Waals surface area contributed by atoms with Crippen molar-refractivity contribution in [2.24, 2.45) is 0 Å². The molecule has 1 aliphatic rings. The Morgan fingerprint density at radius 2 is 2.00 bits per heavy atom. The summed E-state index contributed by atoms with van der Waals surface area (Å²) in [7, 11) is 0. The smallest absolute Gasteiger partial charge is 0.120 e. The Labute approximate surface area is 89.9 Å². The first kappa shape index (κ1) is 9.71. The van der Waals surface area contributed by atoms with Crippen LogP contribution in [-0.2, 0) is 0 Å². The van der Waals surface area contributed by atoms with Crippen LogP contribution < -0.4 is 10.5 Å². The molecule has 1 saturated carbocycles. The predicted octanol–water partition coefficient (Wildman–Crippen LogP) is 2.88. The molecule has 1 aromatic carbocycles. The van der Waals surface area contributed by atoms with Gasteiger partial charge in [-0.3, -0.25) is 0 Å². The van der Waals surface area contributed by atoms with Crippen LogP contribution in [0.2, 0.25) is 0 Å². The van der Waals surface area contributed by atoms with E-state index in [-0.39, 0.29) is 0 Å². The summed E-state index contributed by atoms with van der Waals surface area (Å²) in [6, 6.07) is 5.64. The van der Waals surface area contributed by atoms with E-state index in [4.69, 9.17) is 10.5 Å². The van der Waals surface area contributed by atoms with Crippen molar-refractivity contribution in [3.8, 4) is 5.75 Å². The van der Waals surface area contributed by atoms with Crippen LogP contribution in [0.3, 0.4) is 0 Å². The quantitative estimate of drug-likeness (QED) is 0.580. The fourth-order valence-electron chi connectivity index (χ4n) is 1.80. The Morgan fingerprint density at radius 1 is 1.29 bits per heavy atom. The van der Waals surface area contributed by atoms with E-state index in [0.717, 1.165) is 10.6 Å². The Morgan fingerprint density at radius 3 is 2.64 bits per heavy atom. The highest BCUT2D eigenvalue weighted by Gasteiger charge is 2.16. The summed E-state index contributed by atoms with van der Waals surface area (Å²) in [6.45, 7) is 0. The maximum Gasteiger partial charge on any atom is 0.120 e. The largest absolute Gasteiger partial charge is 0.490 e. The van der Waals surface area contributed by atoms with E-state index in [1.165, 1.54) is 25.7 Å². The number of hydrogen-bond acceptors (Lipinski definition) is 3. The topological polar surface area (TPSA) is 35.2 Å². The Hall–Kier alpha value is -0.830. The SMILES string of the molecule is Nc1ccc(OC2CCCC2)cc1S. The van der Waals surface area contributed by atoms with Crippen LogP contribution in [0.4, 0.5) is 5.69 Å². The highest BCUT2D eigenvalue weighted by Crippen LogP contribution is 2.27. The monoisotopic (exact) mass is 209 g/mol. The number of rotatable bonds is 2. The summed E-state index contributed by atoms with van der Waals surface area (Å²) in [5.41, 5.74) is 6.37. The van der Waals surface area contributed by atoms with Gasteiger partial charge in [-0.25, -0.2) is 0 Å². The lowest BCUT2D eigenvalue weighted by Crippen LogP contribution is -2.10. The zero-order valence-corrected chi connectivity index (χ0v) is 8.97. The summed E-state index contributed by atoms with van der Waals surface area (Å²) >= 11 is 4.26. The maximum atomic E-state index is 5.81. The molecule has 0 spiro atoms. The van der Waals surface area contributed by atoms with Gasteiger partial charge in [0.15, 0.2) is 0 Å². The normalized spacial score (nSPS) is 17.2. The van der Waals surface area contributed by atoms with E-state index in [1.54, 1.807) is 0 Å². The van der Waals surface area contributed by atoms with Crippen LogP contribution in [0.25, 0.3) is 0 Å². The number of thiol groups is 1. The Kier molecular flexibility index (Phi) is 2.87. The zero-order chi connectivity index (χ0) is 9.97.